The predicted octanol–water partition coefficient (Wildman–Crippen LogP) is 2.32. The first-order valence-corrected chi connectivity index (χ1v) is 6.26. The molecule has 102 valence electrons. The van der Waals surface area contributed by atoms with Crippen molar-refractivity contribution in [2.75, 3.05) is 6.61 Å². The quantitative estimate of drug-likeness (QED) is 0.388. The molecule has 0 aliphatic rings. The molecule has 0 saturated heterocycles. The number of hydrogen-bond acceptors (Lipinski definition) is 4. The highest BCUT2D eigenvalue weighted by Crippen LogP contribution is 2.25. The molecule has 0 unspecified atom stereocenters. The first kappa shape index (κ1) is 13.7. The van der Waals surface area contributed by atoms with E-state index >= 15 is 0 Å². The number of fused-ring (bicyclic) bond motifs is 1. The van der Waals surface area contributed by atoms with Crippen molar-refractivity contribution < 1.29 is 14.9 Å². The van der Waals surface area contributed by atoms with Gasteiger partial charge in [-0.3, -0.25) is 5.26 Å². The molecule has 1 heterocycles. The second-order valence-electron chi connectivity index (χ2n) is 5.47. The minimum atomic E-state index is -0.0921. The Balaban J connectivity index is 2.26. The number of aromatic nitrogens is 2. The van der Waals surface area contributed by atoms with Gasteiger partial charge in [0.15, 0.2) is 0 Å². The first-order chi connectivity index (χ1) is 9.02. The van der Waals surface area contributed by atoms with E-state index in [1.807, 2.05) is 18.2 Å². The molecule has 0 atom stereocenters. The third-order valence-electron chi connectivity index (χ3n) is 3.18. The van der Waals surface area contributed by atoms with Gasteiger partial charge < -0.3 is 5.21 Å². The Bertz CT molecular complexity index is 570. The van der Waals surface area contributed by atoms with E-state index < -0.39 is 0 Å². The summed E-state index contributed by atoms with van der Waals surface area (Å²) in [6.45, 7) is 4.38. The second-order valence-corrected chi connectivity index (χ2v) is 5.47. The Morgan fingerprint density at radius 2 is 2.11 bits per heavy atom. The highest BCUT2D eigenvalue weighted by atomic mass is 17.1. The Labute approximate surface area is 112 Å². The van der Waals surface area contributed by atoms with Gasteiger partial charge in [0, 0.05) is 12.5 Å². The molecule has 0 bridgehead atoms. The van der Waals surface area contributed by atoms with Crippen molar-refractivity contribution in [3.05, 3.63) is 41.4 Å². The van der Waals surface area contributed by atoms with Gasteiger partial charge in [-0.2, -0.15) is 4.73 Å². The molecule has 0 spiro atoms. The summed E-state index contributed by atoms with van der Waals surface area (Å²) in [6, 6.07) is 7.27. The average molecular weight is 262 g/mol. The van der Waals surface area contributed by atoms with Gasteiger partial charge in [0.25, 0.3) is 0 Å². The molecule has 2 rings (SSSR count). The summed E-state index contributed by atoms with van der Waals surface area (Å²) >= 11 is 0. The van der Waals surface area contributed by atoms with Crippen molar-refractivity contribution >= 4 is 11.0 Å². The normalized spacial score (nSPS) is 11.9. The molecule has 2 aromatic rings. The van der Waals surface area contributed by atoms with Gasteiger partial charge >= 0.3 is 0 Å². The second kappa shape index (κ2) is 5.50. The standard InChI is InChI=1S/C14H18N2O3/c1-14(2,7-8-19-18)9-11-10-16(17)13-6-4-3-5-12(13)15-11/h3-6,10,18H,7-9H2,1-2H3. The number of nitrogens with zero attached hydrogens (tertiary/aromatic N) is 2. The van der Waals surface area contributed by atoms with Gasteiger partial charge in [-0.25, -0.2) is 9.87 Å². The molecule has 0 aliphatic heterocycles. The molecular formula is C14H18N2O3. The molecule has 1 aromatic heterocycles. The number of para-hydroxylation sites is 2. The summed E-state index contributed by atoms with van der Waals surface area (Å²) < 4.78 is 0.857. The monoisotopic (exact) mass is 262 g/mol. The smallest absolute Gasteiger partial charge is 0.242 e. The van der Waals surface area contributed by atoms with E-state index in [-0.39, 0.29) is 12.0 Å². The zero-order chi connectivity index (χ0) is 13.9. The van der Waals surface area contributed by atoms with Crippen LogP contribution in [-0.4, -0.2) is 16.8 Å². The van der Waals surface area contributed by atoms with E-state index in [2.05, 4.69) is 23.7 Å². The van der Waals surface area contributed by atoms with Crippen molar-refractivity contribution in [2.45, 2.75) is 26.7 Å². The highest BCUT2D eigenvalue weighted by molar-refractivity contribution is 5.70. The fourth-order valence-corrected chi connectivity index (χ4v) is 2.12. The van der Waals surface area contributed by atoms with Crippen LogP contribution >= 0.6 is 0 Å². The van der Waals surface area contributed by atoms with E-state index in [1.165, 1.54) is 6.20 Å². The maximum atomic E-state index is 11.9. The molecule has 0 fully saturated rings. The van der Waals surface area contributed by atoms with Crippen LogP contribution in [0.15, 0.2) is 30.5 Å². The summed E-state index contributed by atoms with van der Waals surface area (Å²) in [5.74, 6) is 0. The minimum absolute atomic E-state index is 0.0921. The predicted molar refractivity (Wildman–Crippen MR) is 71.4 cm³/mol. The summed E-state index contributed by atoms with van der Waals surface area (Å²) in [4.78, 5) is 8.63. The van der Waals surface area contributed by atoms with E-state index in [1.54, 1.807) is 6.07 Å². The summed E-state index contributed by atoms with van der Waals surface area (Å²) in [5.41, 5.74) is 1.93. The van der Waals surface area contributed by atoms with Gasteiger partial charge in [0.05, 0.1) is 6.61 Å². The summed E-state index contributed by atoms with van der Waals surface area (Å²) in [5, 5.41) is 20.3. The maximum absolute atomic E-state index is 11.9. The molecule has 19 heavy (non-hydrogen) atoms. The SMILES string of the molecule is CC(C)(CCOO)Cc1c[n+]([O-])c2ccccc2n1. The number of hydrogen-bond donors (Lipinski definition) is 1. The van der Waals surface area contributed by atoms with Gasteiger partial charge in [-0.15, -0.1) is 0 Å². The molecule has 1 N–H and O–H groups in total. The van der Waals surface area contributed by atoms with Crippen molar-refractivity contribution in [1.29, 1.82) is 0 Å². The Morgan fingerprint density at radius 1 is 1.37 bits per heavy atom. The third kappa shape index (κ3) is 3.39. The largest absolute Gasteiger partial charge is 0.618 e. The summed E-state index contributed by atoms with van der Waals surface area (Å²) in [6.07, 6.45) is 2.87. The topological polar surface area (TPSA) is 69.3 Å². The lowest BCUT2D eigenvalue weighted by Crippen LogP contribution is -2.29. The van der Waals surface area contributed by atoms with E-state index in [9.17, 15) is 5.21 Å². The molecule has 0 aliphatic carbocycles. The van der Waals surface area contributed by atoms with Gasteiger partial charge in [-0.05, 0) is 17.9 Å². The lowest BCUT2D eigenvalue weighted by molar-refractivity contribution is -0.578. The fraction of sp³-hybridized carbons (Fsp3) is 0.429. The first-order valence-electron chi connectivity index (χ1n) is 6.26. The third-order valence-corrected chi connectivity index (χ3v) is 3.18. The van der Waals surface area contributed by atoms with Gasteiger partial charge in [0.2, 0.25) is 11.7 Å². The molecule has 0 radical (unpaired) electrons. The van der Waals surface area contributed by atoms with Crippen LogP contribution in [0.4, 0.5) is 0 Å². The molecule has 5 heteroatoms. The zero-order valence-electron chi connectivity index (χ0n) is 11.2. The number of benzene rings is 1. The maximum Gasteiger partial charge on any atom is 0.242 e. The lowest BCUT2D eigenvalue weighted by atomic mass is 9.85. The van der Waals surface area contributed by atoms with Crippen LogP contribution in [-0.2, 0) is 11.3 Å². The molecular weight excluding hydrogens is 244 g/mol. The van der Waals surface area contributed by atoms with Gasteiger partial charge in [0.1, 0.15) is 11.2 Å². The van der Waals surface area contributed by atoms with Crippen LogP contribution < -0.4 is 4.73 Å². The minimum Gasteiger partial charge on any atom is -0.618 e. The molecule has 1 aromatic carbocycles. The fourth-order valence-electron chi connectivity index (χ4n) is 2.12. The van der Waals surface area contributed by atoms with Crippen molar-refractivity contribution in [2.24, 2.45) is 5.41 Å². The number of rotatable bonds is 5. The summed E-state index contributed by atoms with van der Waals surface area (Å²) in [7, 11) is 0. The molecule has 0 amide bonds. The van der Waals surface area contributed by atoms with Crippen LogP contribution in [0.25, 0.3) is 11.0 Å². The van der Waals surface area contributed by atoms with Crippen molar-refractivity contribution in [3.63, 3.8) is 0 Å². The van der Waals surface area contributed by atoms with Gasteiger partial charge in [-0.1, -0.05) is 26.0 Å². The lowest BCUT2D eigenvalue weighted by Gasteiger charge is -2.22. The van der Waals surface area contributed by atoms with Crippen LogP contribution in [0.2, 0.25) is 0 Å². The Hall–Kier alpha value is -1.72. The highest BCUT2D eigenvalue weighted by Gasteiger charge is 2.21. The van der Waals surface area contributed by atoms with Crippen LogP contribution in [0, 0.1) is 10.6 Å². The van der Waals surface area contributed by atoms with E-state index in [0.717, 1.165) is 10.4 Å². The average Bonchev–Trinajstić information content (AvgIpc) is 2.36. The zero-order valence-corrected chi connectivity index (χ0v) is 11.2. The van der Waals surface area contributed by atoms with Crippen LogP contribution in [0.1, 0.15) is 26.0 Å². The van der Waals surface area contributed by atoms with Crippen molar-refractivity contribution in [3.8, 4) is 0 Å². The Kier molecular flexibility index (Phi) is 3.97. The Morgan fingerprint density at radius 3 is 2.84 bits per heavy atom. The molecule has 0 saturated carbocycles. The van der Waals surface area contributed by atoms with Crippen LogP contribution in [0.5, 0.6) is 0 Å². The van der Waals surface area contributed by atoms with Crippen LogP contribution in [0.3, 0.4) is 0 Å². The molecule has 5 nitrogen and oxygen atoms in total. The van der Waals surface area contributed by atoms with E-state index in [4.69, 9.17) is 5.26 Å². The van der Waals surface area contributed by atoms with Crippen molar-refractivity contribution in [1.82, 2.24) is 4.98 Å². The van der Waals surface area contributed by atoms with E-state index in [0.29, 0.717) is 23.9 Å².